The first-order chi connectivity index (χ1) is 8.27. The summed E-state index contributed by atoms with van der Waals surface area (Å²) < 4.78 is 0. The van der Waals surface area contributed by atoms with E-state index in [2.05, 4.69) is 23.6 Å². The lowest BCUT2D eigenvalue weighted by Gasteiger charge is -2.25. The summed E-state index contributed by atoms with van der Waals surface area (Å²) in [5.74, 6) is 0.807. The number of hydrogen-bond acceptors (Lipinski definition) is 2. The maximum atomic E-state index is 6.19. The molecule has 2 nitrogen and oxygen atoms in total. The lowest BCUT2D eigenvalue weighted by atomic mass is 9.97. The van der Waals surface area contributed by atoms with Crippen LogP contribution in [0.15, 0.2) is 24.3 Å². The highest BCUT2D eigenvalue weighted by Gasteiger charge is 2.15. The van der Waals surface area contributed by atoms with Gasteiger partial charge in [0.15, 0.2) is 0 Å². The number of nitrogens with one attached hydrogen (secondary N) is 2. The molecule has 102 valence electrons. The first-order valence-electron chi connectivity index (χ1n) is 6.46. The summed E-state index contributed by atoms with van der Waals surface area (Å²) in [7, 11) is 0. The van der Waals surface area contributed by atoms with Crippen LogP contribution < -0.4 is 10.6 Å². The van der Waals surface area contributed by atoms with Crippen molar-refractivity contribution in [3.63, 3.8) is 0 Å². The van der Waals surface area contributed by atoms with Crippen molar-refractivity contribution in [3.05, 3.63) is 34.9 Å². The van der Waals surface area contributed by atoms with Gasteiger partial charge in [0.05, 0.1) is 0 Å². The zero-order chi connectivity index (χ0) is 12.1. The molecule has 0 aliphatic carbocycles. The van der Waals surface area contributed by atoms with Gasteiger partial charge in [0.2, 0.25) is 0 Å². The van der Waals surface area contributed by atoms with Crippen LogP contribution in [-0.2, 0) is 0 Å². The van der Waals surface area contributed by atoms with E-state index in [-0.39, 0.29) is 12.4 Å². The van der Waals surface area contributed by atoms with E-state index in [1.54, 1.807) is 0 Å². The van der Waals surface area contributed by atoms with Gasteiger partial charge in [-0.25, -0.2) is 0 Å². The summed E-state index contributed by atoms with van der Waals surface area (Å²) in [5, 5.41) is 7.85. The molecule has 1 aromatic rings. The third-order valence-corrected chi connectivity index (χ3v) is 3.89. The molecule has 0 bridgehead atoms. The molecule has 1 atom stereocenters. The minimum atomic E-state index is 0. The van der Waals surface area contributed by atoms with Crippen molar-refractivity contribution < 1.29 is 0 Å². The average molecular weight is 289 g/mol. The molecule has 0 saturated carbocycles. The van der Waals surface area contributed by atoms with Gasteiger partial charge >= 0.3 is 0 Å². The zero-order valence-electron chi connectivity index (χ0n) is 10.8. The minimum absolute atomic E-state index is 0. The van der Waals surface area contributed by atoms with Gasteiger partial charge in [-0.05, 0) is 56.9 Å². The Bertz CT molecular complexity index is 351. The summed E-state index contributed by atoms with van der Waals surface area (Å²) in [5.41, 5.74) is 1.20. The smallest absolute Gasteiger partial charge is 0.0453 e. The molecule has 18 heavy (non-hydrogen) atoms. The molecule has 1 aromatic carbocycles. The van der Waals surface area contributed by atoms with Crippen molar-refractivity contribution in [2.24, 2.45) is 5.92 Å². The van der Waals surface area contributed by atoms with Crippen LogP contribution in [0.3, 0.4) is 0 Å². The molecular formula is C14H22Cl2N2. The Hall–Kier alpha value is -0.280. The summed E-state index contributed by atoms with van der Waals surface area (Å²) >= 11 is 6.19. The van der Waals surface area contributed by atoms with E-state index in [1.807, 2.05) is 18.2 Å². The van der Waals surface area contributed by atoms with Crippen LogP contribution in [-0.4, -0.2) is 19.6 Å². The largest absolute Gasteiger partial charge is 0.317 e. The number of piperidine rings is 1. The Labute approximate surface area is 121 Å². The predicted octanol–water partition coefficient (Wildman–Crippen LogP) is 3.41. The first-order valence-corrected chi connectivity index (χ1v) is 6.83. The van der Waals surface area contributed by atoms with Crippen molar-refractivity contribution in [2.75, 3.05) is 19.6 Å². The van der Waals surface area contributed by atoms with Gasteiger partial charge in [0.25, 0.3) is 0 Å². The lowest BCUT2D eigenvalue weighted by Crippen LogP contribution is -2.34. The Balaban J connectivity index is 0.00000162. The maximum Gasteiger partial charge on any atom is 0.0453 e. The Kier molecular flexibility index (Phi) is 7.02. The summed E-state index contributed by atoms with van der Waals surface area (Å²) in [6.07, 6.45) is 2.56. The van der Waals surface area contributed by atoms with E-state index in [0.717, 1.165) is 30.6 Å². The van der Waals surface area contributed by atoms with Crippen LogP contribution in [0.4, 0.5) is 0 Å². The molecule has 0 spiro atoms. The van der Waals surface area contributed by atoms with Crippen LogP contribution in [0.2, 0.25) is 5.02 Å². The van der Waals surface area contributed by atoms with Crippen molar-refractivity contribution in [1.29, 1.82) is 0 Å². The van der Waals surface area contributed by atoms with E-state index in [0.29, 0.717) is 6.04 Å². The van der Waals surface area contributed by atoms with Crippen molar-refractivity contribution in [3.8, 4) is 0 Å². The van der Waals surface area contributed by atoms with E-state index < -0.39 is 0 Å². The van der Waals surface area contributed by atoms with Crippen LogP contribution in [0.5, 0.6) is 0 Å². The second-order valence-corrected chi connectivity index (χ2v) is 5.25. The summed E-state index contributed by atoms with van der Waals surface area (Å²) in [6, 6.07) is 8.41. The normalized spacial score (nSPS) is 18.1. The highest BCUT2D eigenvalue weighted by molar-refractivity contribution is 6.31. The van der Waals surface area contributed by atoms with Crippen LogP contribution >= 0.6 is 24.0 Å². The van der Waals surface area contributed by atoms with E-state index >= 15 is 0 Å². The monoisotopic (exact) mass is 288 g/mol. The lowest BCUT2D eigenvalue weighted by molar-refractivity contribution is 0.345. The highest BCUT2D eigenvalue weighted by atomic mass is 35.5. The molecule has 1 fully saturated rings. The standard InChI is InChI=1S/C14H21ClN2.ClH/c1-11(13-4-2-3-5-14(13)15)17-10-12-6-8-16-9-7-12;/h2-5,11-12,16-17H,6-10H2,1H3;1H. The van der Waals surface area contributed by atoms with Crippen LogP contribution in [0, 0.1) is 5.92 Å². The Morgan fingerprint density at radius 3 is 2.67 bits per heavy atom. The second kappa shape index (κ2) is 8.00. The third kappa shape index (κ3) is 4.43. The molecule has 2 N–H and O–H groups in total. The van der Waals surface area contributed by atoms with Crippen molar-refractivity contribution in [2.45, 2.75) is 25.8 Å². The molecule has 1 saturated heterocycles. The molecule has 0 amide bonds. The molecule has 1 aliphatic rings. The SMILES string of the molecule is CC(NCC1CCNCC1)c1ccccc1Cl.Cl. The zero-order valence-corrected chi connectivity index (χ0v) is 12.4. The predicted molar refractivity (Wildman–Crippen MR) is 80.7 cm³/mol. The van der Waals surface area contributed by atoms with Gasteiger partial charge < -0.3 is 10.6 Å². The summed E-state index contributed by atoms with van der Waals surface area (Å²) in [6.45, 7) is 5.59. The van der Waals surface area contributed by atoms with Gasteiger partial charge in [0.1, 0.15) is 0 Å². The summed E-state index contributed by atoms with van der Waals surface area (Å²) in [4.78, 5) is 0. The van der Waals surface area contributed by atoms with Crippen molar-refractivity contribution in [1.82, 2.24) is 10.6 Å². The molecular weight excluding hydrogens is 267 g/mol. The number of hydrogen-bond donors (Lipinski definition) is 2. The molecule has 0 aromatic heterocycles. The number of benzene rings is 1. The van der Waals surface area contributed by atoms with Gasteiger partial charge in [-0.2, -0.15) is 0 Å². The van der Waals surface area contributed by atoms with Gasteiger partial charge in [-0.3, -0.25) is 0 Å². The van der Waals surface area contributed by atoms with E-state index in [4.69, 9.17) is 11.6 Å². The van der Waals surface area contributed by atoms with Gasteiger partial charge in [0, 0.05) is 11.1 Å². The fraction of sp³-hybridized carbons (Fsp3) is 0.571. The van der Waals surface area contributed by atoms with Gasteiger partial charge in [-0.15, -0.1) is 12.4 Å². The van der Waals surface area contributed by atoms with E-state index in [1.165, 1.54) is 18.4 Å². The topological polar surface area (TPSA) is 24.1 Å². The average Bonchev–Trinajstić information content (AvgIpc) is 2.38. The molecule has 1 unspecified atom stereocenters. The van der Waals surface area contributed by atoms with Gasteiger partial charge in [-0.1, -0.05) is 29.8 Å². The third-order valence-electron chi connectivity index (χ3n) is 3.54. The molecule has 4 heteroatoms. The number of halogens is 2. The van der Waals surface area contributed by atoms with Crippen molar-refractivity contribution >= 4 is 24.0 Å². The fourth-order valence-corrected chi connectivity index (χ4v) is 2.66. The molecule has 1 aliphatic heterocycles. The maximum absolute atomic E-state index is 6.19. The van der Waals surface area contributed by atoms with E-state index in [9.17, 15) is 0 Å². The number of rotatable bonds is 4. The Morgan fingerprint density at radius 1 is 1.33 bits per heavy atom. The molecule has 0 radical (unpaired) electrons. The fourth-order valence-electron chi connectivity index (χ4n) is 2.37. The molecule has 1 heterocycles. The second-order valence-electron chi connectivity index (χ2n) is 4.84. The Morgan fingerprint density at radius 2 is 2.00 bits per heavy atom. The van der Waals surface area contributed by atoms with Crippen LogP contribution in [0.25, 0.3) is 0 Å². The highest BCUT2D eigenvalue weighted by Crippen LogP contribution is 2.22. The molecule has 2 rings (SSSR count). The quantitative estimate of drug-likeness (QED) is 0.887. The van der Waals surface area contributed by atoms with Crippen LogP contribution in [0.1, 0.15) is 31.4 Å². The minimum Gasteiger partial charge on any atom is -0.317 e. The first kappa shape index (κ1) is 15.8.